The van der Waals surface area contributed by atoms with Crippen LogP contribution in [0.3, 0.4) is 0 Å². The smallest absolute Gasteiger partial charge is 0.201 e. The molecule has 0 aliphatic carbocycles. The summed E-state index contributed by atoms with van der Waals surface area (Å²) in [6.07, 6.45) is 7.21. The van der Waals surface area contributed by atoms with Gasteiger partial charge < -0.3 is 24.5 Å². The van der Waals surface area contributed by atoms with Crippen LogP contribution in [0, 0.1) is 0 Å². The molecule has 0 radical (unpaired) electrons. The molecule has 0 atom stereocenters. The monoisotopic (exact) mass is 420 g/mol. The lowest BCUT2D eigenvalue weighted by Gasteiger charge is -2.30. The highest BCUT2D eigenvalue weighted by Crippen LogP contribution is 2.45. The molecule has 1 aromatic heterocycles. The Morgan fingerprint density at radius 2 is 1.87 bits per heavy atom. The summed E-state index contributed by atoms with van der Waals surface area (Å²) >= 11 is 0. The van der Waals surface area contributed by atoms with Gasteiger partial charge in [0.05, 0.1) is 16.5 Å². The summed E-state index contributed by atoms with van der Waals surface area (Å²) in [6.45, 7) is 7.71. The van der Waals surface area contributed by atoms with Crippen LogP contribution in [0.1, 0.15) is 38.8 Å². The van der Waals surface area contributed by atoms with E-state index in [0.29, 0.717) is 23.3 Å². The molecule has 0 unspecified atom stereocenters. The van der Waals surface area contributed by atoms with Crippen molar-refractivity contribution in [3.05, 3.63) is 63.5 Å². The third-order valence-corrected chi connectivity index (χ3v) is 5.29. The number of allylic oxidation sites excluding steroid dienone is 2. The number of hydrogen-bond acceptors (Lipinski definition) is 6. The first-order valence-corrected chi connectivity index (χ1v) is 9.96. The zero-order valence-electron chi connectivity index (χ0n) is 17.8. The van der Waals surface area contributed by atoms with Gasteiger partial charge in [-0.1, -0.05) is 11.6 Å². The Morgan fingerprint density at radius 3 is 2.55 bits per heavy atom. The maximum Gasteiger partial charge on any atom is 0.201 e. The molecule has 0 spiro atoms. The van der Waals surface area contributed by atoms with Gasteiger partial charge in [0.1, 0.15) is 29.1 Å². The zero-order chi connectivity index (χ0) is 22.5. The van der Waals surface area contributed by atoms with Crippen LogP contribution >= 0.6 is 0 Å². The van der Waals surface area contributed by atoms with Crippen molar-refractivity contribution in [2.24, 2.45) is 0 Å². The second-order valence-electron chi connectivity index (χ2n) is 8.48. The van der Waals surface area contributed by atoms with Gasteiger partial charge in [-0.25, -0.2) is 0 Å². The fourth-order valence-electron chi connectivity index (χ4n) is 3.71. The molecule has 31 heavy (non-hydrogen) atoms. The molecule has 0 bridgehead atoms. The molecule has 1 aliphatic rings. The summed E-state index contributed by atoms with van der Waals surface area (Å²) in [5, 5.41) is 30.9. The van der Waals surface area contributed by atoms with Gasteiger partial charge >= 0.3 is 0 Å². The molecule has 6 heteroatoms. The summed E-state index contributed by atoms with van der Waals surface area (Å²) in [4.78, 5) is 13.6. The van der Waals surface area contributed by atoms with Crippen molar-refractivity contribution in [2.75, 3.05) is 0 Å². The number of rotatable bonds is 3. The van der Waals surface area contributed by atoms with Gasteiger partial charge in [0.15, 0.2) is 11.3 Å². The first kappa shape index (κ1) is 20.6. The minimum atomic E-state index is -0.611. The van der Waals surface area contributed by atoms with E-state index in [4.69, 9.17) is 9.15 Å². The van der Waals surface area contributed by atoms with Crippen LogP contribution in [0.25, 0.3) is 28.2 Å². The summed E-state index contributed by atoms with van der Waals surface area (Å²) in [6, 6.07) is 3.98. The summed E-state index contributed by atoms with van der Waals surface area (Å²) in [7, 11) is 0. The van der Waals surface area contributed by atoms with Crippen LogP contribution in [0.2, 0.25) is 0 Å². The maximum absolute atomic E-state index is 13.6. The van der Waals surface area contributed by atoms with Gasteiger partial charge in [-0.3, -0.25) is 4.79 Å². The highest BCUT2D eigenvalue weighted by atomic mass is 16.5. The largest absolute Gasteiger partial charge is 0.508 e. The van der Waals surface area contributed by atoms with E-state index in [2.05, 4.69) is 0 Å². The number of hydrogen-bond donors (Lipinski definition) is 3. The van der Waals surface area contributed by atoms with Crippen LogP contribution in [0.15, 0.2) is 51.4 Å². The topological polar surface area (TPSA) is 100 Å². The van der Waals surface area contributed by atoms with Crippen molar-refractivity contribution in [1.82, 2.24) is 0 Å². The van der Waals surface area contributed by atoms with Gasteiger partial charge in [-0.05, 0) is 58.4 Å². The van der Waals surface area contributed by atoms with E-state index >= 15 is 0 Å². The normalized spacial score (nSPS) is 14.2. The molecule has 0 saturated heterocycles. The number of benzene rings is 2. The lowest BCUT2D eigenvalue weighted by atomic mass is 9.93. The fourth-order valence-corrected chi connectivity index (χ4v) is 3.71. The molecule has 0 amide bonds. The molecule has 6 nitrogen and oxygen atoms in total. The summed E-state index contributed by atoms with van der Waals surface area (Å²) in [5.74, 6) is -0.101. The number of fused-ring (bicyclic) bond motifs is 2. The number of phenolic OH excluding ortho intramolecular Hbond substituents is 3. The molecule has 4 rings (SSSR count). The molecule has 0 saturated carbocycles. The van der Waals surface area contributed by atoms with Crippen molar-refractivity contribution < 1.29 is 24.5 Å². The number of aromatic hydroxyl groups is 3. The van der Waals surface area contributed by atoms with Gasteiger partial charge in [0, 0.05) is 17.2 Å². The van der Waals surface area contributed by atoms with Gasteiger partial charge in [-0.15, -0.1) is 0 Å². The van der Waals surface area contributed by atoms with Crippen molar-refractivity contribution >= 4 is 17.0 Å². The average molecular weight is 420 g/mol. The Bertz CT molecular complexity index is 1320. The highest BCUT2D eigenvalue weighted by Gasteiger charge is 2.30. The molecular formula is C25H24O6. The molecule has 2 heterocycles. The Balaban J connectivity index is 2.10. The minimum Gasteiger partial charge on any atom is -0.508 e. The predicted molar refractivity (Wildman–Crippen MR) is 120 cm³/mol. The molecule has 3 aromatic rings. The van der Waals surface area contributed by atoms with Crippen LogP contribution in [0.5, 0.6) is 23.0 Å². The Kier molecular flexibility index (Phi) is 4.81. The Morgan fingerprint density at radius 1 is 1.13 bits per heavy atom. The fraction of sp³-hybridized carbons (Fsp3) is 0.240. The second kappa shape index (κ2) is 7.23. The number of ether oxygens (including phenoxy) is 1. The summed E-state index contributed by atoms with van der Waals surface area (Å²) in [5.41, 5.74) is 1.53. The summed E-state index contributed by atoms with van der Waals surface area (Å²) < 4.78 is 11.9. The van der Waals surface area contributed by atoms with Gasteiger partial charge in [-0.2, -0.15) is 0 Å². The van der Waals surface area contributed by atoms with E-state index in [1.807, 2.05) is 39.8 Å². The first-order valence-electron chi connectivity index (χ1n) is 9.96. The lowest BCUT2D eigenvalue weighted by molar-refractivity contribution is 0.157. The van der Waals surface area contributed by atoms with Crippen molar-refractivity contribution in [3.63, 3.8) is 0 Å². The third-order valence-electron chi connectivity index (χ3n) is 5.29. The Hall–Kier alpha value is -3.67. The first-order chi connectivity index (χ1) is 14.6. The van der Waals surface area contributed by atoms with Gasteiger partial charge in [0.25, 0.3) is 0 Å². The van der Waals surface area contributed by atoms with Crippen molar-refractivity contribution in [2.45, 2.75) is 39.7 Å². The van der Waals surface area contributed by atoms with Gasteiger partial charge in [0.2, 0.25) is 5.43 Å². The molecule has 2 aromatic carbocycles. The van der Waals surface area contributed by atoms with Crippen LogP contribution < -0.4 is 10.2 Å². The second-order valence-corrected chi connectivity index (χ2v) is 8.48. The third kappa shape index (κ3) is 3.54. The van der Waals surface area contributed by atoms with E-state index in [9.17, 15) is 20.1 Å². The average Bonchev–Trinajstić information content (AvgIpc) is 2.68. The minimum absolute atomic E-state index is 0.0656. The lowest BCUT2D eigenvalue weighted by Crippen LogP contribution is -2.28. The SMILES string of the molecule is CC(C)=CCc1c2c(c(O)c3occ(-c4ccc(O)cc4O)c(=O)c13)C=CC(C)(C)O2. The van der Waals surface area contributed by atoms with E-state index < -0.39 is 11.0 Å². The standard InChI is InChI=1S/C25H24O6/c1-13(2)5-7-16-20-21(28)18(15-8-6-14(26)11-19(15)27)12-30-24(20)22(29)17-9-10-25(3,4)31-23(16)17/h5-6,8-12,26-27,29H,7H2,1-4H3. The molecule has 0 fully saturated rings. The molecule has 160 valence electrons. The van der Waals surface area contributed by atoms with Crippen molar-refractivity contribution in [1.29, 1.82) is 0 Å². The quantitative estimate of drug-likeness (QED) is 0.499. The predicted octanol–water partition coefficient (Wildman–Crippen LogP) is 5.27. The van der Waals surface area contributed by atoms with E-state index in [1.54, 1.807) is 6.08 Å². The van der Waals surface area contributed by atoms with Crippen LogP contribution in [-0.2, 0) is 6.42 Å². The highest BCUT2D eigenvalue weighted by molar-refractivity contribution is 5.95. The number of phenols is 3. The Labute approximate surface area is 179 Å². The molecule has 1 aliphatic heterocycles. The van der Waals surface area contributed by atoms with E-state index in [1.165, 1.54) is 18.4 Å². The van der Waals surface area contributed by atoms with Crippen LogP contribution in [-0.4, -0.2) is 20.9 Å². The zero-order valence-corrected chi connectivity index (χ0v) is 17.8. The van der Waals surface area contributed by atoms with Crippen molar-refractivity contribution in [3.8, 4) is 34.1 Å². The maximum atomic E-state index is 13.6. The van der Waals surface area contributed by atoms with Crippen LogP contribution in [0.4, 0.5) is 0 Å². The van der Waals surface area contributed by atoms with E-state index in [-0.39, 0.29) is 39.3 Å². The molecular weight excluding hydrogens is 396 g/mol. The molecule has 3 N–H and O–H groups in total. The van der Waals surface area contributed by atoms with E-state index in [0.717, 1.165) is 11.6 Å².